The Morgan fingerprint density at radius 2 is 2.04 bits per heavy atom. The second kappa shape index (κ2) is 9.98. The first kappa shape index (κ1) is 21.5. The van der Waals surface area contributed by atoms with Gasteiger partial charge < -0.3 is 4.74 Å². The van der Waals surface area contributed by atoms with Crippen molar-refractivity contribution in [3.05, 3.63) is 56.6 Å². The zero-order valence-corrected chi connectivity index (χ0v) is 20.2. The van der Waals surface area contributed by atoms with Gasteiger partial charge in [0.1, 0.15) is 21.6 Å². The number of fused-ring (bicyclic) bond motifs is 1. The summed E-state index contributed by atoms with van der Waals surface area (Å²) in [5, 5.41) is 0.862. The van der Waals surface area contributed by atoms with Crippen LogP contribution in [0, 0.1) is 0 Å². The molecule has 0 radical (unpaired) electrons. The molecule has 0 saturated carbocycles. The molecule has 8 heteroatoms. The normalized spacial score (nSPS) is 11.1. The van der Waals surface area contributed by atoms with Crippen LogP contribution in [0.2, 0.25) is 0 Å². The molecule has 148 valence electrons. The van der Waals surface area contributed by atoms with E-state index in [9.17, 15) is 4.79 Å². The maximum atomic E-state index is 13.4. The third kappa shape index (κ3) is 4.66. The van der Waals surface area contributed by atoms with Crippen LogP contribution in [0.5, 0.6) is 5.75 Å². The van der Waals surface area contributed by atoms with Gasteiger partial charge in [-0.2, -0.15) is 0 Å². The molecule has 0 amide bonds. The third-order valence-electron chi connectivity index (χ3n) is 4.23. The third-order valence-corrected chi connectivity index (χ3v) is 5.91. The van der Waals surface area contributed by atoms with Crippen molar-refractivity contribution in [1.82, 2.24) is 14.4 Å². The molecule has 3 aromatic rings. The molecule has 0 aliphatic heterocycles. The van der Waals surface area contributed by atoms with Crippen molar-refractivity contribution in [2.75, 3.05) is 11.9 Å². The SMILES string of the molecule is CCCCc1nc2ccccn2c1C(=O)c1cc(Br)c(OCCCBr)c(Br)n1. The molecule has 3 rings (SSSR count). The van der Waals surface area contributed by atoms with E-state index >= 15 is 0 Å². The van der Waals surface area contributed by atoms with E-state index in [0.717, 1.165) is 42.4 Å². The van der Waals surface area contributed by atoms with Gasteiger partial charge in [-0.25, -0.2) is 9.97 Å². The minimum atomic E-state index is -0.154. The quantitative estimate of drug-likeness (QED) is 0.137. The maximum Gasteiger partial charge on any atom is 0.230 e. The fourth-order valence-electron chi connectivity index (χ4n) is 2.87. The van der Waals surface area contributed by atoms with Crippen molar-refractivity contribution >= 4 is 59.2 Å². The molecule has 0 atom stereocenters. The number of unbranched alkanes of at least 4 members (excludes halogenated alkanes) is 1. The molecule has 5 nitrogen and oxygen atoms in total. The van der Waals surface area contributed by atoms with Crippen molar-refractivity contribution in [3.63, 3.8) is 0 Å². The maximum absolute atomic E-state index is 13.4. The van der Waals surface area contributed by atoms with Gasteiger partial charge in [-0.1, -0.05) is 35.3 Å². The van der Waals surface area contributed by atoms with E-state index in [0.29, 0.717) is 32.8 Å². The molecule has 0 N–H and O–H groups in total. The van der Waals surface area contributed by atoms with Crippen LogP contribution in [-0.4, -0.2) is 32.1 Å². The van der Waals surface area contributed by atoms with Gasteiger partial charge in [-0.3, -0.25) is 9.20 Å². The van der Waals surface area contributed by atoms with E-state index < -0.39 is 0 Å². The van der Waals surface area contributed by atoms with E-state index in [1.807, 2.05) is 28.8 Å². The molecule has 0 aliphatic rings. The van der Waals surface area contributed by atoms with Gasteiger partial charge in [0.15, 0.2) is 5.75 Å². The topological polar surface area (TPSA) is 56.5 Å². The summed E-state index contributed by atoms with van der Waals surface area (Å²) in [6.45, 7) is 2.69. The standard InChI is InChI=1S/C20H20Br3N3O2/c1-2-3-7-14-17(26-10-5-4-8-16(26)24-14)18(27)15-12-13(22)19(20(23)25-15)28-11-6-9-21/h4-5,8,10,12H,2-3,6-7,9,11H2,1H3. The highest BCUT2D eigenvalue weighted by molar-refractivity contribution is 9.11. The van der Waals surface area contributed by atoms with Gasteiger partial charge in [-0.15, -0.1) is 0 Å². The lowest BCUT2D eigenvalue weighted by molar-refractivity contribution is 0.102. The first-order valence-corrected chi connectivity index (χ1v) is 11.8. The zero-order chi connectivity index (χ0) is 20.1. The number of imidazole rings is 1. The number of aryl methyl sites for hydroxylation is 1. The Labute approximate surface area is 189 Å². The monoisotopic (exact) mass is 571 g/mol. The fourth-order valence-corrected chi connectivity index (χ4v) is 4.40. The van der Waals surface area contributed by atoms with Crippen LogP contribution in [0.25, 0.3) is 5.65 Å². The number of hydrogen-bond donors (Lipinski definition) is 0. The van der Waals surface area contributed by atoms with E-state index in [-0.39, 0.29) is 5.78 Å². The summed E-state index contributed by atoms with van der Waals surface area (Å²) in [7, 11) is 0. The van der Waals surface area contributed by atoms with Crippen molar-refractivity contribution in [3.8, 4) is 5.75 Å². The average molecular weight is 574 g/mol. The second-order valence-corrected chi connectivity index (χ2v) is 8.67. The lowest BCUT2D eigenvalue weighted by atomic mass is 10.1. The van der Waals surface area contributed by atoms with Crippen LogP contribution in [-0.2, 0) is 6.42 Å². The Morgan fingerprint density at radius 3 is 2.75 bits per heavy atom. The molecule has 0 aliphatic carbocycles. The highest BCUT2D eigenvalue weighted by Crippen LogP contribution is 2.33. The Bertz CT molecular complexity index is 965. The average Bonchev–Trinajstić information content (AvgIpc) is 3.06. The molecule has 0 saturated heterocycles. The summed E-state index contributed by atoms with van der Waals surface area (Å²) in [6, 6.07) is 7.44. The predicted molar refractivity (Wildman–Crippen MR) is 121 cm³/mol. The van der Waals surface area contributed by atoms with Crippen molar-refractivity contribution in [1.29, 1.82) is 0 Å². The molecule has 3 heterocycles. The fraction of sp³-hybridized carbons (Fsp3) is 0.350. The van der Waals surface area contributed by atoms with Gasteiger partial charge in [0.05, 0.1) is 16.8 Å². The van der Waals surface area contributed by atoms with Crippen LogP contribution >= 0.6 is 47.8 Å². The number of hydrogen-bond acceptors (Lipinski definition) is 4. The number of carbonyl (C=O) groups excluding carboxylic acids is 1. The summed E-state index contributed by atoms with van der Waals surface area (Å²) in [6.07, 6.45) is 5.52. The van der Waals surface area contributed by atoms with Crippen LogP contribution in [0.1, 0.15) is 48.1 Å². The Hall–Kier alpha value is -1.25. The Kier molecular flexibility index (Phi) is 7.65. The van der Waals surface area contributed by atoms with Crippen LogP contribution in [0.15, 0.2) is 39.5 Å². The molecule has 0 unspecified atom stereocenters. The molecular weight excluding hydrogens is 554 g/mol. The minimum Gasteiger partial charge on any atom is -0.490 e. The van der Waals surface area contributed by atoms with Gasteiger partial charge in [0, 0.05) is 11.5 Å². The Balaban J connectivity index is 2.00. The van der Waals surface area contributed by atoms with E-state index in [4.69, 9.17) is 4.74 Å². The molecular formula is C20H20Br3N3O2. The number of alkyl halides is 1. The van der Waals surface area contributed by atoms with Crippen molar-refractivity contribution < 1.29 is 9.53 Å². The highest BCUT2D eigenvalue weighted by atomic mass is 79.9. The number of halogens is 3. The largest absolute Gasteiger partial charge is 0.490 e. The molecule has 3 aromatic heterocycles. The van der Waals surface area contributed by atoms with Crippen LogP contribution in [0.4, 0.5) is 0 Å². The second-order valence-electron chi connectivity index (χ2n) is 6.27. The van der Waals surface area contributed by atoms with Crippen LogP contribution in [0.3, 0.4) is 0 Å². The van der Waals surface area contributed by atoms with E-state index in [1.165, 1.54) is 0 Å². The highest BCUT2D eigenvalue weighted by Gasteiger charge is 2.23. The van der Waals surface area contributed by atoms with E-state index in [1.54, 1.807) is 6.07 Å². The minimum absolute atomic E-state index is 0.154. The van der Waals surface area contributed by atoms with Crippen LogP contribution < -0.4 is 4.74 Å². The van der Waals surface area contributed by atoms with Gasteiger partial charge in [0.2, 0.25) is 5.78 Å². The lowest BCUT2D eigenvalue weighted by Gasteiger charge is -2.11. The van der Waals surface area contributed by atoms with E-state index in [2.05, 4.69) is 64.7 Å². The van der Waals surface area contributed by atoms with Crippen molar-refractivity contribution in [2.45, 2.75) is 32.6 Å². The van der Waals surface area contributed by atoms with Crippen molar-refractivity contribution in [2.24, 2.45) is 0 Å². The predicted octanol–water partition coefficient (Wildman–Crippen LogP) is 5.99. The Morgan fingerprint density at radius 1 is 1.21 bits per heavy atom. The number of ketones is 1. The van der Waals surface area contributed by atoms with Gasteiger partial charge >= 0.3 is 0 Å². The zero-order valence-electron chi connectivity index (χ0n) is 15.4. The smallest absolute Gasteiger partial charge is 0.230 e. The summed E-state index contributed by atoms with van der Waals surface area (Å²) in [5.74, 6) is 0.444. The summed E-state index contributed by atoms with van der Waals surface area (Å²) < 4.78 is 8.80. The molecule has 0 aromatic carbocycles. The van der Waals surface area contributed by atoms with Gasteiger partial charge in [0.25, 0.3) is 0 Å². The molecule has 0 spiro atoms. The summed E-state index contributed by atoms with van der Waals surface area (Å²) >= 11 is 10.3. The first-order chi connectivity index (χ1) is 13.6. The number of rotatable bonds is 9. The number of carbonyl (C=O) groups is 1. The number of nitrogens with zero attached hydrogens (tertiary/aromatic N) is 3. The number of ether oxygens (including phenoxy) is 1. The summed E-state index contributed by atoms with van der Waals surface area (Å²) in [4.78, 5) is 22.5. The first-order valence-electron chi connectivity index (χ1n) is 9.12. The lowest BCUT2D eigenvalue weighted by Crippen LogP contribution is -2.11. The summed E-state index contributed by atoms with van der Waals surface area (Å²) in [5.41, 5.74) is 2.49. The molecule has 28 heavy (non-hydrogen) atoms. The number of pyridine rings is 2. The van der Waals surface area contributed by atoms with Gasteiger partial charge in [-0.05, 0) is 69.3 Å². The molecule has 0 fully saturated rings. The molecule has 0 bridgehead atoms. The number of aromatic nitrogens is 3.